The van der Waals surface area contributed by atoms with Crippen LogP contribution in [0, 0.1) is 5.41 Å². The minimum Gasteiger partial charge on any atom is -1.00 e. The second-order valence-electron chi connectivity index (χ2n) is 7.44. The SMILES string of the molecule is CC[NH2+]OCCOc1ccc(C(C)(C)CC(C)(C)C)cc1.[Cl-]. The van der Waals surface area contributed by atoms with E-state index in [0.29, 0.717) is 18.6 Å². The Morgan fingerprint density at radius 1 is 0.955 bits per heavy atom. The van der Waals surface area contributed by atoms with Crippen LogP contribution in [0.5, 0.6) is 5.75 Å². The van der Waals surface area contributed by atoms with Crippen molar-refractivity contribution in [2.45, 2.75) is 53.4 Å². The van der Waals surface area contributed by atoms with Crippen molar-refractivity contribution in [3.63, 3.8) is 0 Å². The molecule has 0 aromatic heterocycles. The van der Waals surface area contributed by atoms with Gasteiger partial charge in [0.05, 0.1) is 0 Å². The molecule has 128 valence electrons. The van der Waals surface area contributed by atoms with Crippen molar-refractivity contribution in [1.82, 2.24) is 0 Å². The summed E-state index contributed by atoms with van der Waals surface area (Å²) in [6, 6.07) is 8.48. The van der Waals surface area contributed by atoms with E-state index in [1.165, 1.54) is 5.56 Å². The minimum absolute atomic E-state index is 0. The number of ether oxygens (including phenoxy) is 1. The van der Waals surface area contributed by atoms with Crippen molar-refractivity contribution in [3.05, 3.63) is 29.8 Å². The number of nitrogens with two attached hydrogens (primary N) is 1. The molecule has 0 bridgehead atoms. The van der Waals surface area contributed by atoms with Crippen LogP contribution >= 0.6 is 0 Å². The zero-order valence-electron chi connectivity index (χ0n) is 14.9. The quantitative estimate of drug-likeness (QED) is 0.550. The van der Waals surface area contributed by atoms with Gasteiger partial charge in [-0.15, -0.1) is 0 Å². The number of rotatable bonds is 8. The van der Waals surface area contributed by atoms with Crippen LogP contribution in [0.1, 0.15) is 53.5 Å². The van der Waals surface area contributed by atoms with E-state index in [2.05, 4.69) is 65.8 Å². The summed E-state index contributed by atoms with van der Waals surface area (Å²) in [5.74, 6) is 0.908. The van der Waals surface area contributed by atoms with Gasteiger partial charge in [-0.25, -0.2) is 10.3 Å². The zero-order chi connectivity index (χ0) is 15.9. The van der Waals surface area contributed by atoms with Gasteiger partial charge in [0.2, 0.25) is 0 Å². The molecule has 0 heterocycles. The molecule has 1 aromatic rings. The fraction of sp³-hybridized carbons (Fsp3) is 0.667. The lowest BCUT2D eigenvalue weighted by Crippen LogP contribution is -3.00. The third kappa shape index (κ3) is 8.02. The molecule has 4 heteroatoms. The van der Waals surface area contributed by atoms with Crippen LogP contribution < -0.4 is 22.6 Å². The standard InChI is InChI=1S/C18H31NO2.ClH/c1-7-19-21-13-12-20-16-10-8-15(9-11-16)18(5,6)14-17(2,3)4;/h8-11,19H,7,12-14H2,1-6H3;1H. The average molecular weight is 330 g/mol. The smallest absolute Gasteiger partial charge is 0.140 e. The summed E-state index contributed by atoms with van der Waals surface area (Å²) in [5, 5.41) is 0. The number of hydroxylamine groups is 1. The Labute approximate surface area is 142 Å². The van der Waals surface area contributed by atoms with Crippen LogP contribution in [-0.2, 0) is 10.3 Å². The fourth-order valence-electron chi connectivity index (χ4n) is 2.84. The molecule has 1 aromatic carbocycles. The van der Waals surface area contributed by atoms with E-state index in [9.17, 15) is 0 Å². The van der Waals surface area contributed by atoms with Crippen molar-refractivity contribution in [2.75, 3.05) is 19.8 Å². The monoisotopic (exact) mass is 329 g/mol. The summed E-state index contributed by atoms with van der Waals surface area (Å²) in [6.45, 7) is 15.7. The molecule has 0 aliphatic carbocycles. The van der Waals surface area contributed by atoms with Crippen molar-refractivity contribution in [1.29, 1.82) is 0 Å². The molecule has 0 amide bonds. The zero-order valence-corrected chi connectivity index (χ0v) is 15.7. The predicted molar refractivity (Wildman–Crippen MR) is 87.5 cm³/mol. The van der Waals surface area contributed by atoms with Gasteiger partial charge >= 0.3 is 0 Å². The third-order valence-corrected chi connectivity index (χ3v) is 3.36. The first kappa shape index (κ1) is 21.2. The van der Waals surface area contributed by atoms with Crippen LogP contribution in [0.4, 0.5) is 0 Å². The first-order chi connectivity index (χ1) is 9.74. The number of benzene rings is 1. The highest BCUT2D eigenvalue weighted by atomic mass is 35.5. The van der Waals surface area contributed by atoms with Gasteiger partial charge in [-0.2, -0.15) is 0 Å². The highest BCUT2D eigenvalue weighted by Gasteiger charge is 2.27. The topological polar surface area (TPSA) is 35.1 Å². The second kappa shape index (κ2) is 9.39. The van der Waals surface area contributed by atoms with Crippen LogP contribution in [0.25, 0.3) is 0 Å². The van der Waals surface area contributed by atoms with Crippen LogP contribution in [0.15, 0.2) is 24.3 Å². The molecule has 0 spiro atoms. The van der Waals surface area contributed by atoms with E-state index in [0.717, 1.165) is 18.7 Å². The molecule has 0 aliphatic heterocycles. The molecule has 3 nitrogen and oxygen atoms in total. The van der Waals surface area contributed by atoms with Gasteiger partial charge < -0.3 is 17.1 Å². The Kier molecular flexibility index (Phi) is 9.06. The van der Waals surface area contributed by atoms with Crippen molar-refractivity contribution < 1.29 is 27.5 Å². The average Bonchev–Trinajstić information content (AvgIpc) is 2.36. The van der Waals surface area contributed by atoms with Crippen molar-refractivity contribution >= 4 is 0 Å². The lowest BCUT2D eigenvalue weighted by atomic mass is 9.72. The molecule has 2 N–H and O–H groups in total. The van der Waals surface area contributed by atoms with Crippen molar-refractivity contribution in [2.24, 2.45) is 5.41 Å². The molecule has 0 unspecified atom stereocenters. The van der Waals surface area contributed by atoms with E-state index in [1.807, 2.05) is 5.48 Å². The van der Waals surface area contributed by atoms with E-state index < -0.39 is 0 Å². The molecule has 0 saturated carbocycles. The Morgan fingerprint density at radius 2 is 1.55 bits per heavy atom. The first-order valence-corrected chi connectivity index (χ1v) is 7.91. The van der Waals surface area contributed by atoms with Gasteiger partial charge in [0.1, 0.15) is 25.5 Å². The summed E-state index contributed by atoms with van der Waals surface area (Å²) < 4.78 is 5.68. The Hall–Kier alpha value is -0.770. The normalized spacial score (nSPS) is 11.9. The molecule has 1 rings (SSSR count). The first-order valence-electron chi connectivity index (χ1n) is 7.91. The fourth-order valence-corrected chi connectivity index (χ4v) is 2.84. The minimum atomic E-state index is 0. The van der Waals surface area contributed by atoms with Crippen LogP contribution in [0.2, 0.25) is 0 Å². The second-order valence-corrected chi connectivity index (χ2v) is 7.44. The Bertz CT molecular complexity index is 410. The molecule has 0 atom stereocenters. The molecule has 0 fully saturated rings. The largest absolute Gasteiger partial charge is 1.00 e. The maximum absolute atomic E-state index is 5.68. The summed E-state index contributed by atoms with van der Waals surface area (Å²) in [5.41, 5.74) is 3.67. The van der Waals surface area contributed by atoms with Gasteiger partial charge in [0.25, 0.3) is 0 Å². The van der Waals surface area contributed by atoms with Gasteiger partial charge in [-0.3, -0.25) is 0 Å². The van der Waals surface area contributed by atoms with Gasteiger partial charge in [-0.1, -0.05) is 46.8 Å². The molecule has 0 saturated heterocycles. The van der Waals surface area contributed by atoms with Crippen molar-refractivity contribution in [3.8, 4) is 5.75 Å². The molecular formula is C18H32ClNO2. The van der Waals surface area contributed by atoms with Crippen LogP contribution in [0.3, 0.4) is 0 Å². The van der Waals surface area contributed by atoms with E-state index in [1.54, 1.807) is 0 Å². The molecule has 0 radical (unpaired) electrons. The number of hydrogen-bond donors (Lipinski definition) is 1. The highest BCUT2D eigenvalue weighted by Crippen LogP contribution is 2.36. The molecule has 0 aliphatic rings. The van der Waals surface area contributed by atoms with E-state index in [-0.39, 0.29) is 17.8 Å². The van der Waals surface area contributed by atoms with E-state index in [4.69, 9.17) is 9.57 Å². The number of halogens is 1. The lowest BCUT2D eigenvalue weighted by molar-refractivity contribution is -0.894. The maximum atomic E-state index is 5.68. The molecular weight excluding hydrogens is 298 g/mol. The number of quaternary nitrogens is 1. The summed E-state index contributed by atoms with van der Waals surface area (Å²) in [4.78, 5) is 5.29. The summed E-state index contributed by atoms with van der Waals surface area (Å²) in [6.07, 6.45) is 1.15. The molecule has 22 heavy (non-hydrogen) atoms. The Morgan fingerprint density at radius 3 is 2.05 bits per heavy atom. The Balaban J connectivity index is 0.00000441. The maximum Gasteiger partial charge on any atom is 0.140 e. The van der Waals surface area contributed by atoms with E-state index >= 15 is 0 Å². The van der Waals surface area contributed by atoms with Gasteiger partial charge in [0.15, 0.2) is 0 Å². The summed E-state index contributed by atoms with van der Waals surface area (Å²) in [7, 11) is 0. The summed E-state index contributed by atoms with van der Waals surface area (Å²) >= 11 is 0. The van der Waals surface area contributed by atoms with Gasteiger partial charge in [0, 0.05) is 0 Å². The van der Waals surface area contributed by atoms with Gasteiger partial charge in [-0.05, 0) is 41.9 Å². The highest BCUT2D eigenvalue weighted by molar-refractivity contribution is 5.31. The predicted octanol–water partition coefficient (Wildman–Crippen LogP) is 0.298. The van der Waals surface area contributed by atoms with Crippen LogP contribution in [-0.4, -0.2) is 19.8 Å². The third-order valence-electron chi connectivity index (χ3n) is 3.36. The number of hydrogen-bond acceptors (Lipinski definition) is 2. The lowest BCUT2D eigenvalue weighted by Gasteiger charge is -2.33.